The largest absolute Gasteiger partial charge is 0.481 e. The summed E-state index contributed by atoms with van der Waals surface area (Å²) in [6, 6.07) is -6.36. The van der Waals surface area contributed by atoms with Gasteiger partial charge in [0.25, 0.3) is 0 Å². The second-order valence-electron chi connectivity index (χ2n) is 8.18. The molecule has 0 saturated heterocycles. The zero-order chi connectivity index (χ0) is 30.3. The molecule has 0 aromatic rings. The van der Waals surface area contributed by atoms with Gasteiger partial charge in [-0.3, -0.25) is 43.2 Å². The highest BCUT2D eigenvalue weighted by atomic mass is 16.4. The Morgan fingerprint density at radius 1 is 0.564 bits per heavy atom. The van der Waals surface area contributed by atoms with E-state index in [0.717, 1.165) is 0 Å². The average Bonchev–Trinajstić information content (AvgIpc) is 2.80. The van der Waals surface area contributed by atoms with Crippen molar-refractivity contribution in [1.82, 2.24) is 21.3 Å². The summed E-state index contributed by atoms with van der Waals surface area (Å²) in [5.74, 6) is -10.0. The predicted molar refractivity (Wildman–Crippen MR) is 127 cm³/mol. The molecule has 0 aromatic carbocycles. The Balaban J connectivity index is 5.79. The third-order valence-electron chi connectivity index (χ3n) is 4.80. The summed E-state index contributed by atoms with van der Waals surface area (Å²) in [5.41, 5.74) is 20.7. The van der Waals surface area contributed by atoms with Crippen LogP contribution in [-0.4, -0.2) is 94.2 Å². The first kappa shape index (κ1) is 34.2. The third kappa shape index (κ3) is 15.1. The van der Waals surface area contributed by atoms with Crippen molar-refractivity contribution in [3.63, 3.8) is 0 Å². The maximum atomic E-state index is 12.9. The first-order valence-corrected chi connectivity index (χ1v) is 11.3. The number of aliphatic carboxylic acids is 2. The van der Waals surface area contributed by atoms with E-state index in [2.05, 4.69) is 16.0 Å². The summed E-state index contributed by atoms with van der Waals surface area (Å²) in [5, 5.41) is 26.0. The molecular weight excluding hydrogens is 528 g/mol. The van der Waals surface area contributed by atoms with E-state index < -0.39 is 116 Å². The van der Waals surface area contributed by atoms with Crippen molar-refractivity contribution >= 4 is 53.3 Å². The maximum absolute atomic E-state index is 12.9. The predicted octanol–water partition coefficient (Wildman–Crippen LogP) is -6.15. The lowest BCUT2D eigenvalue weighted by Crippen LogP contribution is -2.58. The first-order chi connectivity index (χ1) is 18.0. The highest BCUT2D eigenvalue weighted by molar-refractivity contribution is 5.97. The van der Waals surface area contributed by atoms with Crippen molar-refractivity contribution < 1.29 is 53.4 Å². The molecule has 0 aliphatic heterocycles. The van der Waals surface area contributed by atoms with Gasteiger partial charge in [-0.15, -0.1) is 0 Å². The van der Waals surface area contributed by atoms with Crippen LogP contribution in [0, 0.1) is 0 Å². The molecular formula is C20H32N8O11. The zero-order valence-electron chi connectivity index (χ0n) is 20.6. The van der Waals surface area contributed by atoms with Crippen molar-refractivity contribution in [2.24, 2.45) is 22.9 Å². The molecule has 0 spiro atoms. The van der Waals surface area contributed by atoms with Gasteiger partial charge in [0.05, 0.1) is 18.9 Å². The van der Waals surface area contributed by atoms with Gasteiger partial charge < -0.3 is 54.4 Å². The SMILES string of the molecule is NC(=O)CC[C@H](NC(=O)[C@@H](N)CC(N)=O)C(=O)N[C@@H](CC(N)=O)C(=O)N[C@@H](CCC(=O)O)C(=O)NCC(=O)O. The van der Waals surface area contributed by atoms with Crippen LogP contribution in [0.3, 0.4) is 0 Å². The molecule has 0 radical (unpaired) electrons. The topological polar surface area (TPSA) is 346 Å². The number of carbonyl (C=O) groups excluding carboxylic acids is 7. The summed E-state index contributed by atoms with van der Waals surface area (Å²) in [6.45, 7) is -0.848. The molecule has 4 atom stereocenters. The van der Waals surface area contributed by atoms with E-state index in [9.17, 15) is 43.2 Å². The average molecular weight is 561 g/mol. The number of carboxylic acid groups (broad SMARTS) is 2. The summed E-state index contributed by atoms with van der Waals surface area (Å²) < 4.78 is 0. The zero-order valence-corrected chi connectivity index (χ0v) is 20.6. The molecule has 218 valence electrons. The number of hydrogen-bond donors (Lipinski definition) is 10. The van der Waals surface area contributed by atoms with Gasteiger partial charge in [0, 0.05) is 12.8 Å². The summed E-state index contributed by atoms with van der Waals surface area (Å²) in [4.78, 5) is 106. The molecule has 19 heteroatoms. The number of nitrogens with one attached hydrogen (secondary N) is 4. The normalized spacial score (nSPS) is 13.5. The molecule has 7 amide bonds. The van der Waals surface area contributed by atoms with Crippen LogP contribution in [0.1, 0.15) is 38.5 Å². The van der Waals surface area contributed by atoms with E-state index in [4.69, 9.17) is 33.1 Å². The number of hydrogen-bond acceptors (Lipinski definition) is 10. The second kappa shape index (κ2) is 16.8. The van der Waals surface area contributed by atoms with Crippen molar-refractivity contribution in [3.8, 4) is 0 Å². The van der Waals surface area contributed by atoms with Gasteiger partial charge in [0.1, 0.15) is 24.7 Å². The van der Waals surface area contributed by atoms with E-state index >= 15 is 0 Å². The summed E-state index contributed by atoms with van der Waals surface area (Å²) in [6.07, 6.45) is -3.32. The molecule has 39 heavy (non-hydrogen) atoms. The molecule has 0 aliphatic rings. The van der Waals surface area contributed by atoms with E-state index in [0.29, 0.717) is 0 Å². The smallest absolute Gasteiger partial charge is 0.322 e. The number of rotatable bonds is 19. The van der Waals surface area contributed by atoms with E-state index in [-0.39, 0.29) is 6.42 Å². The number of amides is 7. The van der Waals surface area contributed by atoms with Gasteiger partial charge >= 0.3 is 11.9 Å². The van der Waals surface area contributed by atoms with Crippen molar-refractivity contribution in [3.05, 3.63) is 0 Å². The standard InChI is InChI=1S/C20H32N8O11/c21-8(5-13(23)30)17(36)26-10(1-3-12(22)29)19(38)28-11(6-14(24)31)20(39)27-9(2-4-15(32)33)18(37)25-7-16(34)35/h8-11H,1-7,21H2,(H2,22,29)(H2,23,30)(H2,24,31)(H,25,37)(H,26,36)(H,27,39)(H,28,38)(H,32,33)(H,34,35)/t8-,9-,10-,11-/m0/s1. The monoisotopic (exact) mass is 560 g/mol. The van der Waals surface area contributed by atoms with Gasteiger partial charge in [0.2, 0.25) is 41.4 Å². The lowest BCUT2D eigenvalue weighted by molar-refractivity contribution is -0.140. The molecule has 0 bridgehead atoms. The second-order valence-corrected chi connectivity index (χ2v) is 8.18. The van der Waals surface area contributed by atoms with Crippen molar-refractivity contribution in [2.45, 2.75) is 62.7 Å². The van der Waals surface area contributed by atoms with Crippen LogP contribution in [-0.2, 0) is 43.2 Å². The van der Waals surface area contributed by atoms with Gasteiger partial charge in [-0.2, -0.15) is 0 Å². The number of nitrogens with two attached hydrogens (primary N) is 4. The van der Waals surface area contributed by atoms with Crippen LogP contribution < -0.4 is 44.2 Å². The molecule has 0 unspecified atom stereocenters. The highest BCUT2D eigenvalue weighted by Crippen LogP contribution is 2.04. The van der Waals surface area contributed by atoms with E-state index in [1.807, 2.05) is 5.32 Å². The number of primary amides is 3. The highest BCUT2D eigenvalue weighted by Gasteiger charge is 2.32. The van der Waals surface area contributed by atoms with Crippen LogP contribution in [0.5, 0.6) is 0 Å². The van der Waals surface area contributed by atoms with Gasteiger partial charge in [-0.1, -0.05) is 0 Å². The number of carboxylic acids is 2. The fraction of sp³-hybridized carbons (Fsp3) is 0.550. The lowest BCUT2D eigenvalue weighted by atomic mass is 10.1. The summed E-state index contributed by atoms with van der Waals surface area (Å²) >= 11 is 0. The Morgan fingerprint density at radius 3 is 1.51 bits per heavy atom. The van der Waals surface area contributed by atoms with Crippen LogP contribution >= 0.6 is 0 Å². The molecule has 14 N–H and O–H groups in total. The first-order valence-electron chi connectivity index (χ1n) is 11.3. The Morgan fingerprint density at radius 2 is 1.03 bits per heavy atom. The van der Waals surface area contributed by atoms with Crippen molar-refractivity contribution in [2.75, 3.05) is 6.54 Å². The fourth-order valence-corrected chi connectivity index (χ4v) is 2.92. The van der Waals surface area contributed by atoms with Gasteiger partial charge in [-0.25, -0.2) is 0 Å². The molecule has 0 aliphatic carbocycles. The Hall–Kier alpha value is -4.81. The summed E-state index contributed by atoms with van der Waals surface area (Å²) in [7, 11) is 0. The quantitative estimate of drug-likeness (QED) is 0.0705. The Bertz CT molecular complexity index is 987. The molecule has 19 nitrogen and oxygen atoms in total. The van der Waals surface area contributed by atoms with Crippen molar-refractivity contribution in [1.29, 1.82) is 0 Å². The fourth-order valence-electron chi connectivity index (χ4n) is 2.92. The molecule has 0 rings (SSSR count). The Kier molecular flexibility index (Phi) is 14.8. The molecule has 0 aromatic heterocycles. The van der Waals surface area contributed by atoms with Gasteiger partial charge in [0.15, 0.2) is 0 Å². The van der Waals surface area contributed by atoms with E-state index in [1.54, 1.807) is 0 Å². The van der Waals surface area contributed by atoms with E-state index in [1.165, 1.54) is 0 Å². The van der Waals surface area contributed by atoms with Crippen LogP contribution in [0.25, 0.3) is 0 Å². The minimum Gasteiger partial charge on any atom is -0.481 e. The minimum atomic E-state index is -1.76. The number of carbonyl (C=O) groups is 9. The molecule has 0 heterocycles. The minimum absolute atomic E-state index is 0.389. The molecule has 0 saturated carbocycles. The lowest BCUT2D eigenvalue weighted by Gasteiger charge is -2.25. The van der Waals surface area contributed by atoms with Gasteiger partial charge in [-0.05, 0) is 12.8 Å². The Labute approximate surface area is 220 Å². The molecule has 0 fully saturated rings. The van der Waals surface area contributed by atoms with Crippen LogP contribution in [0.4, 0.5) is 0 Å². The third-order valence-corrected chi connectivity index (χ3v) is 4.80. The maximum Gasteiger partial charge on any atom is 0.322 e. The van der Waals surface area contributed by atoms with Crippen LogP contribution in [0.2, 0.25) is 0 Å². The van der Waals surface area contributed by atoms with Crippen LogP contribution in [0.15, 0.2) is 0 Å².